The fraction of sp³-hybridized carbons (Fsp3) is 0.520. The van der Waals surface area contributed by atoms with E-state index >= 15 is 0 Å². The number of likely N-dealkylation sites (N-methyl/N-ethyl adjacent to an activating group) is 1. The van der Waals surface area contributed by atoms with Crippen LogP contribution in [0.15, 0.2) is 30.3 Å². The number of rotatable bonds is 1. The zero-order chi connectivity index (χ0) is 20.5. The highest BCUT2D eigenvalue weighted by atomic mass is 16.6. The standard InChI is InChI=1S/C16H22N2O.C9H10O2/c1-18-8-9-19-14-10-12-4-6-17-7-5-13(12)15(16(14)18)11-2-3-11;1-7-6-10-8-4-2-3-5-9(8)11-7/h10-11,17H,2-9H2,1H3;2-5,7H,6H2,1H3. The summed E-state index contributed by atoms with van der Waals surface area (Å²) < 4.78 is 16.9. The van der Waals surface area contributed by atoms with E-state index < -0.39 is 0 Å². The minimum Gasteiger partial charge on any atom is -0.490 e. The molecule has 0 saturated heterocycles. The lowest BCUT2D eigenvalue weighted by molar-refractivity contribution is 0.104. The summed E-state index contributed by atoms with van der Waals surface area (Å²) in [5.41, 5.74) is 6.18. The Morgan fingerprint density at radius 2 is 1.80 bits per heavy atom. The molecular weight excluding hydrogens is 376 g/mol. The van der Waals surface area contributed by atoms with E-state index in [0.29, 0.717) is 6.61 Å². The Kier molecular flexibility index (Phi) is 5.47. The molecule has 1 atom stereocenters. The number of benzene rings is 2. The lowest BCUT2D eigenvalue weighted by Gasteiger charge is -2.32. The molecule has 1 saturated carbocycles. The SMILES string of the molecule is CC1COc2ccccc2O1.CN1CCOc2cc3c(c(C4CC4)c21)CCNCC3. The van der Waals surface area contributed by atoms with Crippen LogP contribution in [0.5, 0.6) is 17.2 Å². The number of anilines is 1. The molecule has 5 nitrogen and oxygen atoms in total. The molecule has 6 rings (SSSR count). The highest BCUT2D eigenvalue weighted by molar-refractivity contribution is 5.71. The normalized spacial score (nSPS) is 21.9. The lowest BCUT2D eigenvalue weighted by atomic mass is 9.91. The molecule has 1 fully saturated rings. The fourth-order valence-electron chi connectivity index (χ4n) is 4.69. The third-order valence-corrected chi connectivity index (χ3v) is 6.33. The van der Waals surface area contributed by atoms with Crippen molar-refractivity contribution in [3.63, 3.8) is 0 Å². The third-order valence-electron chi connectivity index (χ3n) is 6.33. The van der Waals surface area contributed by atoms with Gasteiger partial charge in [0.05, 0.1) is 12.2 Å². The molecule has 160 valence electrons. The number of nitrogens with zero attached hydrogens (tertiary/aromatic N) is 1. The Balaban J connectivity index is 0.000000149. The molecule has 2 aromatic rings. The number of para-hydroxylation sites is 2. The first-order valence-corrected chi connectivity index (χ1v) is 11.3. The summed E-state index contributed by atoms with van der Waals surface area (Å²) in [4.78, 5) is 2.41. The molecule has 0 aromatic heterocycles. The van der Waals surface area contributed by atoms with Gasteiger partial charge in [0.1, 0.15) is 25.1 Å². The largest absolute Gasteiger partial charge is 0.490 e. The van der Waals surface area contributed by atoms with Gasteiger partial charge in [0.25, 0.3) is 0 Å². The van der Waals surface area contributed by atoms with Crippen LogP contribution >= 0.6 is 0 Å². The van der Waals surface area contributed by atoms with E-state index in [9.17, 15) is 0 Å². The van der Waals surface area contributed by atoms with Crippen LogP contribution in [0, 0.1) is 0 Å². The summed E-state index contributed by atoms with van der Waals surface area (Å²) >= 11 is 0. The first-order valence-electron chi connectivity index (χ1n) is 11.3. The number of fused-ring (bicyclic) bond motifs is 3. The maximum Gasteiger partial charge on any atom is 0.161 e. The van der Waals surface area contributed by atoms with Crippen LogP contribution in [-0.2, 0) is 12.8 Å². The van der Waals surface area contributed by atoms with E-state index in [0.717, 1.165) is 55.8 Å². The summed E-state index contributed by atoms with van der Waals surface area (Å²) in [7, 11) is 2.22. The number of hydrogen-bond acceptors (Lipinski definition) is 5. The Bertz CT molecular complexity index is 910. The van der Waals surface area contributed by atoms with Gasteiger partial charge >= 0.3 is 0 Å². The quantitative estimate of drug-likeness (QED) is 0.775. The maximum absolute atomic E-state index is 5.96. The molecule has 1 aliphatic carbocycles. The highest BCUT2D eigenvalue weighted by Crippen LogP contribution is 2.51. The second-order valence-corrected chi connectivity index (χ2v) is 8.76. The second-order valence-electron chi connectivity index (χ2n) is 8.76. The maximum atomic E-state index is 5.96. The molecule has 2 aromatic carbocycles. The van der Waals surface area contributed by atoms with Gasteiger partial charge in [0.15, 0.2) is 11.5 Å². The van der Waals surface area contributed by atoms with Crippen molar-refractivity contribution in [1.29, 1.82) is 0 Å². The number of ether oxygens (including phenoxy) is 3. The van der Waals surface area contributed by atoms with Gasteiger partial charge in [-0.25, -0.2) is 0 Å². The van der Waals surface area contributed by atoms with Crippen LogP contribution in [0.1, 0.15) is 42.4 Å². The van der Waals surface area contributed by atoms with Crippen molar-refractivity contribution in [2.24, 2.45) is 0 Å². The zero-order valence-corrected chi connectivity index (χ0v) is 18.1. The van der Waals surface area contributed by atoms with Crippen LogP contribution < -0.4 is 24.4 Å². The van der Waals surface area contributed by atoms with Gasteiger partial charge in [-0.15, -0.1) is 0 Å². The Morgan fingerprint density at radius 1 is 1.00 bits per heavy atom. The van der Waals surface area contributed by atoms with Crippen molar-refractivity contribution in [2.75, 3.05) is 44.8 Å². The van der Waals surface area contributed by atoms with Crippen molar-refractivity contribution in [2.45, 2.75) is 44.6 Å². The minimum atomic E-state index is 0.171. The number of hydrogen-bond donors (Lipinski definition) is 1. The van der Waals surface area contributed by atoms with Gasteiger partial charge in [-0.3, -0.25) is 0 Å². The molecule has 5 heteroatoms. The Hall–Kier alpha value is -2.40. The Labute approximate surface area is 179 Å². The summed E-state index contributed by atoms with van der Waals surface area (Å²) in [5, 5.41) is 3.53. The molecule has 0 radical (unpaired) electrons. The molecule has 1 unspecified atom stereocenters. The summed E-state index contributed by atoms with van der Waals surface area (Å²) in [6, 6.07) is 10.0. The van der Waals surface area contributed by atoms with Crippen LogP contribution in [0.2, 0.25) is 0 Å². The molecule has 1 N–H and O–H groups in total. The van der Waals surface area contributed by atoms with Gasteiger partial charge in [-0.1, -0.05) is 12.1 Å². The van der Waals surface area contributed by atoms with Gasteiger partial charge in [0, 0.05) is 7.05 Å². The van der Waals surface area contributed by atoms with Gasteiger partial charge in [0.2, 0.25) is 0 Å². The van der Waals surface area contributed by atoms with Gasteiger partial charge in [-0.2, -0.15) is 0 Å². The van der Waals surface area contributed by atoms with E-state index in [4.69, 9.17) is 14.2 Å². The topological polar surface area (TPSA) is 43.0 Å². The van der Waals surface area contributed by atoms with Crippen molar-refractivity contribution in [1.82, 2.24) is 5.32 Å². The molecule has 0 bridgehead atoms. The monoisotopic (exact) mass is 408 g/mol. The molecule has 0 spiro atoms. The molecule has 4 aliphatic rings. The molecule has 30 heavy (non-hydrogen) atoms. The third kappa shape index (κ3) is 3.95. The Morgan fingerprint density at radius 3 is 2.63 bits per heavy atom. The summed E-state index contributed by atoms with van der Waals surface area (Å²) in [6.07, 6.45) is 5.23. The predicted octanol–water partition coefficient (Wildman–Crippen LogP) is 3.93. The smallest absolute Gasteiger partial charge is 0.161 e. The van der Waals surface area contributed by atoms with Crippen LogP contribution in [0.25, 0.3) is 0 Å². The average Bonchev–Trinajstić information content (AvgIpc) is 3.60. The van der Waals surface area contributed by atoms with Gasteiger partial charge in [-0.05, 0) is 86.5 Å². The van der Waals surface area contributed by atoms with Crippen LogP contribution in [0.4, 0.5) is 5.69 Å². The molecule has 3 heterocycles. The first kappa shape index (κ1) is 19.6. The summed E-state index contributed by atoms with van der Waals surface area (Å²) in [5.74, 6) is 3.64. The molecule has 3 aliphatic heterocycles. The lowest BCUT2D eigenvalue weighted by Crippen LogP contribution is -2.30. The van der Waals surface area contributed by atoms with Gasteiger partial charge < -0.3 is 24.4 Å². The van der Waals surface area contributed by atoms with E-state index in [1.54, 1.807) is 11.1 Å². The van der Waals surface area contributed by atoms with E-state index in [2.05, 4.69) is 23.3 Å². The zero-order valence-electron chi connectivity index (χ0n) is 18.1. The second kappa shape index (κ2) is 8.38. The van der Waals surface area contributed by atoms with Crippen molar-refractivity contribution >= 4 is 5.69 Å². The molecular formula is C25H32N2O3. The molecule has 0 amide bonds. The van der Waals surface area contributed by atoms with E-state index in [1.165, 1.54) is 30.5 Å². The minimum absolute atomic E-state index is 0.171. The van der Waals surface area contributed by atoms with Crippen molar-refractivity contribution in [3.8, 4) is 17.2 Å². The van der Waals surface area contributed by atoms with Crippen LogP contribution in [-0.4, -0.2) is 46.0 Å². The number of nitrogens with one attached hydrogen (secondary N) is 1. The van der Waals surface area contributed by atoms with Crippen LogP contribution in [0.3, 0.4) is 0 Å². The fourth-order valence-corrected chi connectivity index (χ4v) is 4.69. The average molecular weight is 409 g/mol. The summed E-state index contributed by atoms with van der Waals surface area (Å²) in [6.45, 7) is 6.71. The first-order chi connectivity index (χ1) is 14.7. The van der Waals surface area contributed by atoms with E-state index in [-0.39, 0.29) is 6.10 Å². The highest BCUT2D eigenvalue weighted by Gasteiger charge is 2.34. The van der Waals surface area contributed by atoms with E-state index in [1.807, 2.05) is 31.2 Å². The van der Waals surface area contributed by atoms with Crippen molar-refractivity contribution < 1.29 is 14.2 Å². The predicted molar refractivity (Wildman–Crippen MR) is 119 cm³/mol. The van der Waals surface area contributed by atoms with Crippen molar-refractivity contribution in [3.05, 3.63) is 47.0 Å².